The fourth-order valence-corrected chi connectivity index (χ4v) is 2.33. The second kappa shape index (κ2) is 6.22. The van der Waals surface area contributed by atoms with Crippen molar-refractivity contribution in [3.8, 4) is 0 Å². The van der Waals surface area contributed by atoms with Gasteiger partial charge in [-0.1, -0.05) is 25.3 Å². The highest BCUT2D eigenvalue weighted by molar-refractivity contribution is 5.93. The van der Waals surface area contributed by atoms with Crippen LogP contribution < -0.4 is 10.6 Å². The van der Waals surface area contributed by atoms with Crippen molar-refractivity contribution in [1.82, 2.24) is 5.32 Å². The monoisotopic (exact) mass is 262 g/mol. The van der Waals surface area contributed by atoms with Crippen LogP contribution in [0.25, 0.3) is 0 Å². The number of aromatic carboxylic acids is 1. The summed E-state index contributed by atoms with van der Waals surface area (Å²) >= 11 is 0. The first-order chi connectivity index (χ1) is 9.15. The molecule has 0 heterocycles. The number of amides is 2. The highest BCUT2D eigenvalue weighted by Crippen LogP contribution is 2.17. The molecule has 0 bridgehead atoms. The van der Waals surface area contributed by atoms with Crippen LogP contribution in [0.2, 0.25) is 0 Å². The van der Waals surface area contributed by atoms with Gasteiger partial charge in [-0.15, -0.1) is 0 Å². The third-order valence-electron chi connectivity index (χ3n) is 3.31. The van der Waals surface area contributed by atoms with Crippen LogP contribution in [0.1, 0.15) is 42.5 Å². The first kappa shape index (κ1) is 13.4. The van der Waals surface area contributed by atoms with E-state index >= 15 is 0 Å². The molecule has 1 fully saturated rings. The maximum absolute atomic E-state index is 11.8. The fourth-order valence-electron chi connectivity index (χ4n) is 2.33. The number of urea groups is 1. The van der Waals surface area contributed by atoms with Crippen LogP contribution in [0.5, 0.6) is 0 Å². The molecule has 1 aromatic rings. The van der Waals surface area contributed by atoms with Crippen LogP contribution in [0.3, 0.4) is 0 Å². The Labute approximate surface area is 112 Å². The number of nitrogens with one attached hydrogen (secondary N) is 2. The third-order valence-corrected chi connectivity index (χ3v) is 3.31. The molecule has 0 unspecified atom stereocenters. The second-order valence-electron chi connectivity index (χ2n) is 4.82. The molecule has 0 aliphatic heterocycles. The number of carboxylic acids is 1. The molecule has 19 heavy (non-hydrogen) atoms. The van der Waals surface area contributed by atoms with Gasteiger partial charge in [0.25, 0.3) is 0 Å². The van der Waals surface area contributed by atoms with Crippen molar-refractivity contribution in [1.29, 1.82) is 0 Å². The molecule has 2 amide bonds. The number of carbonyl (C=O) groups excluding carboxylic acids is 1. The summed E-state index contributed by atoms with van der Waals surface area (Å²) in [4.78, 5) is 22.6. The van der Waals surface area contributed by atoms with E-state index in [-0.39, 0.29) is 17.6 Å². The molecule has 0 spiro atoms. The lowest BCUT2D eigenvalue weighted by Crippen LogP contribution is -2.39. The van der Waals surface area contributed by atoms with E-state index in [0.717, 1.165) is 25.7 Å². The molecule has 0 atom stereocenters. The normalized spacial score (nSPS) is 15.8. The molecule has 2 rings (SSSR count). The van der Waals surface area contributed by atoms with Crippen molar-refractivity contribution in [2.24, 2.45) is 0 Å². The minimum Gasteiger partial charge on any atom is -0.478 e. The summed E-state index contributed by atoms with van der Waals surface area (Å²) in [5.41, 5.74) is 0.656. The molecule has 1 aliphatic rings. The number of hydrogen-bond acceptors (Lipinski definition) is 2. The lowest BCUT2D eigenvalue weighted by Gasteiger charge is -2.22. The van der Waals surface area contributed by atoms with E-state index in [0.29, 0.717) is 5.69 Å². The van der Waals surface area contributed by atoms with Gasteiger partial charge in [-0.05, 0) is 31.0 Å². The van der Waals surface area contributed by atoms with E-state index in [9.17, 15) is 9.59 Å². The fraction of sp³-hybridized carbons (Fsp3) is 0.429. The summed E-state index contributed by atoms with van der Waals surface area (Å²) in [5.74, 6) is -1.00. The van der Waals surface area contributed by atoms with Gasteiger partial charge in [-0.3, -0.25) is 0 Å². The van der Waals surface area contributed by atoms with Crippen molar-refractivity contribution < 1.29 is 14.7 Å². The maximum atomic E-state index is 11.8. The van der Waals surface area contributed by atoms with E-state index in [4.69, 9.17) is 5.11 Å². The molecule has 5 heteroatoms. The number of benzene rings is 1. The largest absolute Gasteiger partial charge is 0.478 e. The van der Waals surface area contributed by atoms with Crippen molar-refractivity contribution in [3.63, 3.8) is 0 Å². The van der Waals surface area contributed by atoms with E-state index in [1.54, 1.807) is 12.1 Å². The minimum absolute atomic E-state index is 0.162. The Bertz CT molecular complexity index is 468. The topological polar surface area (TPSA) is 78.4 Å². The van der Waals surface area contributed by atoms with Crippen molar-refractivity contribution >= 4 is 17.7 Å². The standard InChI is InChI=1S/C14H18N2O3/c17-13(18)10-5-4-8-12(9-10)16-14(19)15-11-6-2-1-3-7-11/h4-5,8-9,11H,1-3,6-7H2,(H,17,18)(H2,15,16,19). The molecule has 0 saturated heterocycles. The van der Waals surface area contributed by atoms with Gasteiger partial charge in [-0.2, -0.15) is 0 Å². The first-order valence-corrected chi connectivity index (χ1v) is 6.56. The van der Waals surface area contributed by atoms with Gasteiger partial charge in [-0.25, -0.2) is 9.59 Å². The molecule has 5 nitrogen and oxygen atoms in total. The van der Waals surface area contributed by atoms with Gasteiger partial charge < -0.3 is 15.7 Å². The third kappa shape index (κ3) is 3.98. The Morgan fingerprint density at radius 1 is 1.16 bits per heavy atom. The van der Waals surface area contributed by atoms with Crippen LogP contribution in [0, 0.1) is 0 Å². The molecule has 0 radical (unpaired) electrons. The molecule has 102 valence electrons. The highest BCUT2D eigenvalue weighted by atomic mass is 16.4. The molecule has 0 aromatic heterocycles. The molecule has 1 aromatic carbocycles. The van der Waals surface area contributed by atoms with Gasteiger partial charge in [0, 0.05) is 11.7 Å². The average molecular weight is 262 g/mol. The van der Waals surface area contributed by atoms with Gasteiger partial charge in [0.1, 0.15) is 0 Å². The van der Waals surface area contributed by atoms with E-state index < -0.39 is 5.97 Å². The molecule has 1 aliphatic carbocycles. The summed E-state index contributed by atoms with van der Waals surface area (Å²) < 4.78 is 0. The Kier molecular flexibility index (Phi) is 4.39. The SMILES string of the molecule is O=C(Nc1cccc(C(=O)O)c1)NC1CCCCC1. The quantitative estimate of drug-likeness (QED) is 0.783. The first-order valence-electron chi connectivity index (χ1n) is 6.56. The van der Waals surface area contributed by atoms with Crippen LogP contribution in [0.15, 0.2) is 24.3 Å². The second-order valence-corrected chi connectivity index (χ2v) is 4.82. The lowest BCUT2D eigenvalue weighted by molar-refractivity contribution is 0.0697. The summed E-state index contributed by atoms with van der Waals surface area (Å²) in [6, 6.07) is 6.19. The Morgan fingerprint density at radius 2 is 1.89 bits per heavy atom. The lowest BCUT2D eigenvalue weighted by atomic mass is 9.96. The maximum Gasteiger partial charge on any atom is 0.335 e. The zero-order valence-corrected chi connectivity index (χ0v) is 10.7. The molecule has 1 saturated carbocycles. The van der Waals surface area contributed by atoms with E-state index in [1.165, 1.54) is 18.6 Å². The van der Waals surface area contributed by atoms with Gasteiger partial charge in [0.15, 0.2) is 0 Å². The van der Waals surface area contributed by atoms with E-state index in [1.807, 2.05) is 0 Å². The van der Waals surface area contributed by atoms with Crippen LogP contribution >= 0.6 is 0 Å². The Balaban J connectivity index is 1.90. The Hall–Kier alpha value is -2.04. The summed E-state index contributed by atoms with van der Waals surface area (Å²) in [6.45, 7) is 0. The van der Waals surface area contributed by atoms with Crippen LogP contribution in [-0.2, 0) is 0 Å². The van der Waals surface area contributed by atoms with Gasteiger partial charge >= 0.3 is 12.0 Å². The highest BCUT2D eigenvalue weighted by Gasteiger charge is 2.15. The summed E-state index contributed by atoms with van der Waals surface area (Å²) in [7, 11) is 0. The minimum atomic E-state index is -1.00. The van der Waals surface area contributed by atoms with Crippen molar-refractivity contribution in [3.05, 3.63) is 29.8 Å². The molecule has 3 N–H and O–H groups in total. The average Bonchev–Trinajstić information content (AvgIpc) is 2.40. The number of carboxylic acid groups (broad SMARTS) is 1. The van der Waals surface area contributed by atoms with Gasteiger partial charge in [0.2, 0.25) is 0 Å². The molecular formula is C14H18N2O3. The number of rotatable bonds is 3. The zero-order valence-electron chi connectivity index (χ0n) is 10.7. The van der Waals surface area contributed by atoms with Gasteiger partial charge in [0.05, 0.1) is 5.56 Å². The molecular weight excluding hydrogens is 244 g/mol. The predicted octanol–water partition coefficient (Wildman–Crippen LogP) is 2.84. The van der Waals surface area contributed by atoms with Crippen LogP contribution in [0.4, 0.5) is 10.5 Å². The summed E-state index contributed by atoms with van der Waals surface area (Å²) in [6.07, 6.45) is 5.57. The smallest absolute Gasteiger partial charge is 0.335 e. The summed E-state index contributed by atoms with van der Waals surface area (Å²) in [5, 5.41) is 14.5. The number of anilines is 1. The number of carbonyl (C=O) groups is 2. The Morgan fingerprint density at radius 3 is 2.58 bits per heavy atom. The van der Waals surface area contributed by atoms with Crippen molar-refractivity contribution in [2.45, 2.75) is 38.1 Å². The number of hydrogen-bond donors (Lipinski definition) is 3. The van der Waals surface area contributed by atoms with Crippen molar-refractivity contribution in [2.75, 3.05) is 5.32 Å². The van der Waals surface area contributed by atoms with E-state index in [2.05, 4.69) is 10.6 Å². The van der Waals surface area contributed by atoms with Crippen LogP contribution in [-0.4, -0.2) is 23.1 Å². The predicted molar refractivity (Wildman–Crippen MR) is 72.4 cm³/mol. The zero-order chi connectivity index (χ0) is 13.7.